The van der Waals surface area contributed by atoms with Gasteiger partial charge in [-0.05, 0) is 19.9 Å². The molecule has 0 aromatic carbocycles. The molecule has 0 amide bonds. The van der Waals surface area contributed by atoms with E-state index in [9.17, 15) is 4.79 Å². The molecule has 0 aromatic heterocycles. The van der Waals surface area contributed by atoms with E-state index >= 15 is 0 Å². The number of hydrogen-bond acceptors (Lipinski definition) is 3. The van der Waals surface area contributed by atoms with Crippen molar-refractivity contribution >= 4 is 5.97 Å². The monoisotopic (exact) mass is 201 g/mol. The van der Waals surface area contributed by atoms with Gasteiger partial charge in [0.25, 0.3) is 0 Å². The summed E-state index contributed by atoms with van der Waals surface area (Å²) in [6.45, 7) is 7.50. The fourth-order valence-electron chi connectivity index (χ4n) is 1.28. The molecule has 0 radical (unpaired) electrons. The van der Waals surface area contributed by atoms with Crippen LogP contribution < -0.4 is 0 Å². The van der Waals surface area contributed by atoms with E-state index in [1.807, 2.05) is 0 Å². The van der Waals surface area contributed by atoms with Crippen LogP contribution in [0.2, 0.25) is 0 Å². The lowest BCUT2D eigenvalue weighted by atomic mass is 10.1. The standard InChI is InChI=1S/C11H23NO2/c1-6-9(2)8-12(4)10(3)7-11(13)14-5/h9-10H,6-8H2,1-5H3. The molecule has 0 fully saturated rings. The quantitative estimate of drug-likeness (QED) is 0.615. The van der Waals surface area contributed by atoms with Gasteiger partial charge in [-0.3, -0.25) is 4.79 Å². The highest BCUT2D eigenvalue weighted by atomic mass is 16.5. The summed E-state index contributed by atoms with van der Waals surface area (Å²) >= 11 is 0. The molecular formula is C11H23NO2. The van der Waals surface area contributed by atoms with Crippen LogP contribution in [0.4, 0.5) is 0 Å². The third kappa shape index (κ3) is 5.22. The molecule has 0 aliphatic carbocycles. The highest BCUT2D eigenvalue weighted by molar-refractivity contribution is 5.69. The highest BCUT2D eigenvalue weighted by Gasteiger charge is 2.15. The SMILES string of the molecule is CCC(C)CN(C)C(C)CC(=O)OC. The third-order valence-corrected chi connectivity index (χ3v) is 2.74. The molecule has 2 unspecified atom stereocenters. The number of ether oxygens (including phenoxy) is 1. The summed E-state index contributed by atoms with van der Waals surface area (Å²) in [6, 6.07) is 0.261. The molecule has 0 aromatic rings. The van der Waals surface area contributed by atoms with Crippen LogP contribution in [0.15, 0.2) is 0 Å². The number of carbonyl (C=O) groups excluding carboxylic acids is 1. The predicted octanol–water partition coefficient (Wildman–Crippen LogP) is 1.92. The summed E-state index contributed by atoms with van der Waals surface area (Å²) < 4.78 is 4.64. The van der Waals surface area contributed by atoms with Gasteiger partial charge in [0.1, 0.15) is 0 Å². The fourth-order valence-corrected chi connectivity index (χ4v) is 1.28. The van der Waals surface area contributed by atoms with Crippen LogP contribution >= 0.6 is 0 Å². The average molecular weight is 201 g/mol. The van der Waals surface area contributed by atoms with E-state index in [4.69, 9.17) is 0 Å². The molecule has 0 N–H and O–H groups in total. The molecule has 84 valence electrons. The maximum Gasteiger partial charge on any atom is 0.307 e. The normalized spacial score (nSPS) is 15.3. The molecular weight excluding hydrogens is 178 g/mol. The van der Waals surface area contributed by atoms with Gasteiger partial charge in [0, 0.05) is 12.6 Å². The second-order valence-electron chi connectivity index (χ2n) is 4.08. The van der Waals surface area contributed by atoms with Crippen molar-refractivity contribution in [3.63, 3.8) is 0 Å². The first kappa shape index (κ1) is 13.4. The first-order valence-electron chi connectivity index (χ1n) is 5.28. The molecule has 0 aliphatic rings. The predicted molar refractivity (Wildman–Crippen MR) is 58.2 cm³/mol. The van der Waals surface area contributed by atoms with Gasteiger partial charge < -0.3 is 9.64 Å². The first-order valence-corrected chi connectivity index (χ1v) is 5.28. The Balaban J connectivity index is 3.86. The van der Waals surface area contributed by atoms with E-state index in [0.29, 0.717) is 12.3 Å². The molecule has 0 heterocycles. The second-order valence-corrected chi connectivity index (χ2v) is 4.08. The molecule has 0 bridgehead atoms. The van der Waals surface area contributed by atoms with Gasteiger partial charge in [0.2, 0.25) is 0 Å². The summed E-state index contributed by atoms with van der Waals surface area (Å²) in [4.78, 5) is 13.2. The molecule has 0 spiro atoms. The smallest absolute Gasteiger partial charge is 0.307 e. The van der Waals surface area contributed by atoms with Crippen molar-refractivity contribution in [3.8, 4) is 0 Å². The van der Waals surface area contributed by atoms with Gasteiger partial charge in [0.15, 0.2) is 0 Å². The van der Waals surface area contributed by atoms with Gasteiger partial charge >= 0.3 is 5.97 Å². The van der Waals surface area contributed by atoms with Crippen molar-refractivity contribution in [3.05, 3.63) is 0 Å². The van der Waals surface area contributed by atoms with Crippen molar-refractivity contribution in [1.82, 2.24) is 4.90 Å². The van der Waals surface area contributed by atoms with E-state index in [2.05, 4.69) is 37.5 Å². The summed E-state index contributed by atoms with van der Waals surface area (Å²) in [7, 11) is 3.49. The van der Waals surface area contributed by atoms with Crippen molar-refractivity contribution < 1.29 is 9.53 Å². The Morgan fingerprint density at radius 2 is 2.00 bits per heavy atom. The van der Waals surface area contributed by atoms with Gasteiger partial charge in [-0.15, -0.1) is 0 Å². The summed E-state index contributed by atoms with van der Waals surface area (Å²) in [5, 5.41) is 0. The molecule has 3 heteroatoms. The lowest BCUT2D eigenvalue weighted by Crippen LogP contribution is -2.34. The summed E-state index contributed by atoms with van der Waals surface area (Å²) in [5.74, 6) is 0.550. The zero-order valence-electron chi connectivity index (χ0n) is 10.0. The van der Waals surface area contributed by atoms with Crippen LogP contribution in [0.25, 0.3) is 0 Å². The summed E-state index contributed by atoms with van der Waals surface area (Å²) in [5.41, 5.74) is 0. The number of methoxy groups -OCH3 is 1. The Morgan fingerprint density at radius 3 is 2.43 bits per heavy atom. The highest BCUT2D eigenvalue weighted by Crippen LogP contribution is 2.08. The summed E-state index contributed by atoms with van der Waals surface area (Å²) in [6.07, 6.45) is 1.65. The number of esters is 1. The van der Waals surface area contributed by atoms with Crippen LogP contribution in [0, 0.1) is 5.92 Å². The molecule has 0 rings (SSSR count). The van der Waals surface area contributed by atoms with Crippen molar-refractivity contribution in [2.24, 2.45) is 5.92 Å². The number of rotatable bonds is 6. The third-order valence-electron chi connectivity index (χ3n) is 2.74. The minimum absolute atomic E-state index is 0.131. The zero-order valence-corrected chi connectivity index (χ0v) is 10.0. The van der Waals surface area contributed by atoms with Crippen LogP contribution in [0.5, 0.6) is 0 Å². The van der Waals surface area contributed by atoms with E-state index in [0.717, 1.165) is 6.54 Å². The lowest BCUT2D eigenvalue weighted by Gasteiger charge is -2.26. The fraction of sp³-hybridized carbons (Fsp3) is 0.909. The van der Waals surface area contributed by atoms with E-state index < -0.39 is 0 Å². The van der Waals surface area contributed by atoms with E-state index in [-0.39, 0.29) is 12.0 Å². The minimum atomic E-state index is -0.131. The number of hydrogen-bond donors (Lipinski definition) is 0. The van der Waals surface area contributed by atoms with E-state index in [1.54, 1.807) is 0 Å². The topological polar surface area (TPSA) is 29.5 Å². The molecule has 2 atom stereocenters. The van der Waals surface area contributed by atoms with Crippen molar-refractivity contribution in [2.75, 3.05) is 20.7 Å². The van der Waals surface area contributed by atoms with Gasteiger partial charge in [-0.25, -0.2) is 0 Å². The first-order chi connectivity index (χ1) is 6.51. The average Bonchev–Trinajstić information content (AvgIpc) is 2.17. The molecule has 0 aliphatic heterocycles. The Kier molecular flexibility index (Phi) is 6.54. The van der Waals surface area contributed by atoms with Crippen molar-refractivity contribution in [2.45, 2.75) is 39.7 Å². The molecule has 0 saturated heterocycles. The maximum absolute atomic E-state index is 11.0. The molecule has 3 nitrogen and oxygen atoms in total. The number of carbonyl (C=O) groups is 1. The van der Waals surface area contributed by atoms with E-state index in [1.165, 1.54) is 13.5 Å². The van der Waals surface area contributed by atoms with Gasteiger partial charge in [-0.1, -0.05) is 20.3 Å². The Morgan fingerprint density at radius 1 is 1.43 bits per heavy atom. The van der Waals surface area contributed by atoms with Crippen LogP contribution in [-0.2, 0) is 9.53 Å². The van der Waals surface area contributed by atoms with Crippen LogP contribution in [0.1, 0.15) is 33.6 Å². The Labute approximate surface area is 87.4 Å². The van der Waals surface area contributed by atoms with Crippen LogP contribution in [0.3, 0.4) is 0 Å². The number of nitrogens with zero attached hydrogens (tertiary/aromatic N) is 1. The lowest BCUT2D eigenvalue weighted by molar-refractivity contribution is -0.141. The molecule has 14 heavy (non-hydrogen) atoms. The van der Waals surface area contributed by atoms with Crippen molar-refractivity contribution in [1.29, 1.82) is 0 Å². The molecule has 0 saturated carbocycles. The maximum atomic E-state index is 11.0. The van der Waals surface area contributed by atoms with Crippen LogP contribution in [-0.4, -0.2) is 37.6 Å². The Bertz CT molecular complexity index is 171. The van der Waals surface area contributed by atoms with Gasteiger partial charge in [0.05, 0.1) is 13.5 Å². The Hall–Kier alpha value is -0.570. The minimum Gasteiger partial charge on any atom is -0.469 e. The second kappa shape index (κ2) is 6.82. The largest absolute Gasteiger partial charge is 0.469 e. The van der Waals surface area contributed by atoms with Gasteiger partial charge in [-0.2, -0.15) is 0 Å². The zero-order chi connectivity index (χ0) is 11.1.